The van der Waals surface area contributed by atoms with Crippen LogP contribution in [-0.4, -0.2) is 29.0 Å². The fourth-order valence-electron chi connectivity index (χ4n) is 1.99. The summed E-state index contributed by atoms with van der Waals surface area (Å²) in [4.78, 5) is 0. The molecule has 1 saturated heterocycles. The molecule has 0 atom stereocenters. The monoisotopic (exact) mass is 223 g/mol. The molecule has 2 heterocycles. The van der Waals surface area contributed by atoms with Gasteiger partial charge in [-0.05, 0) is 19.3 Å². The Hall–Kier alpha value is -1.03. The highest BCUT2D eigenvalue weighted by atomic mass is 16.5. The standard InChI is InChI=1S/C12H21N3O/c1-2-3-8-15-12(4-7-13-15)14-11-5-9-16-10-6-11/h4,7,11,14H,2-3,5-6,8-10H2,1H3. The van der Waals surface area contributed by atoms with Crippen molar-refractivity contribution in [2.24, 2.45) is 0 Å². The second-order valence-electron chi connectivity index (χ2n) is 4.32. The molecule has 1 aliphatic rings. The van der Waals surface area contributed by atoms with Crippen LogP contribution in [-0.2, 0) is 11.3 Å². The Labute approximate surface area is 97.0 Å². The van der Waals surface area contributed by atoms with Crippen LogP contribution in [0.3, 0.4) is 0 Å². The molecule has 1 fully saturated rings. The number of aryl methyl sites for hydroxylation is 1. The first kappa shape index (κ1) is 11.5. The quantitative estimate of drug-likeness (QED) is 0.832. The van der Waals surface area contributed by atoms with E-state index in [4.69, 9.17) is 4.74 Å². The van der Waals surface area contributed by atoms with Crippen molar-refractivity contribution in [1.82, 2.24) is 9.78 Å². The summed E-state index contributed by atoms with van der Waals surface area (Å²) in [5, 5.41) is 7.90. The molecule has 0 aliphatic carbocycles. The average Bonchev–Trinajstić information content (AvgIpc) is 2.75. The van der Waals surface area contributed by atoms with Crippen molar-refractivity contribution >= 4 is 5.82 Å². The third kappa shape index (κ3) is 2.98. The fraction of sp³-hybridized carbons (Fsp3) is 0.750. The first-order valence-electron chi connectivity index (χ1n) is 6.26. The van der Waals surface area contributed by atoms with Gasteiger partial charge in [0.1, 0.15) is 5.82 Å². The van der Waals surface area contributed by atoms with Gasteiger partial charge in [0.15, 0.2) is 0 Å². The van der Waals surface area contributed by atoms with E-state index in [1.807, 2.05) is 6.20 Å². The maximum Gasteiger partial charge on any atom is 0.124 e. The summed E-state index contributed by atoms with van der Waals surface area (Å²) in [7, 11) is 0. The minimum Gasteiger partial charge on any atom is -0.381 e. The number of anilines is 1. The van der Waals surface area contributed by atoms with Crippen LogP contribution in [0.15, 0.2) is 12.3 Å². The SMILES string of the molecule is CCCCn1nccc1NC1CCOCC1. The molecule has 0 radical (unpaired) electrons. The van der Waals surface area contributed by atoms with Gasteiger partial charge in [0, 0.05) is 31.9 Å². The zero-order chi connectivity index (χ0) is 11.2. The van der Waals surface area contributed by atoms with Gasteiger partial charge < -0.3 is 10.1 Å². The Morgan fingerprint density at radius 1 is 1.50 bits per heavy atom. The van der Waals surface area contributed by atoms with Gasteiger partial charge in [0.05, 0.1) is 6.20 Å². The summed E-state index contributed by atoms with van der Waals surface area (Å²) in [6, 6.07) is 2.61. The summed E-state index contributed by atoms with van der Waals surface area (Å²) in [5.41, 5.74) is 0. The number of hydrogen-bond acceptors (Lipinski definition) is 3. The van der Waals surface area contributed by atoms with Gasteiger partial charge in [-0.25, -0.2) is 4.68 Å². The smallest absolute Gasteiger partial charge is 0.124 e. The highest BCUT2D eigenvalue weighted by Gasteiger charge is 2.14. The number of nitrogens with zero attached hydrogens (tertiary/aromatic N) is 2. The molecule has 1 aliphatic heterocycles. The van der Waals surface area contributed by atoms with Crippen molar-refractivity contribution in [2.75, 3.05) is 18.5 Å². The van der Waals surface area contributed by atoms with Crippen LogP contribution < -0.4 is 5.32 Å². The van der Waals surface area contributed by atoms with Crippen LogP contribution in [0.2, 0.25) is 0 Å². The molecule has 2 rings (SSSR count). The zero-order valence-corrected chi connectivity index (χ0v) is 9.98. The van der Waals surface area contributed by atoms with E-state index in [1.54, 1.807) is 0 Å². The van der Waals surface area contributed by atoms with Crippen molar-refractivity contribution in [3.05, 3.63) is 12.3 Å². The molecule has 0 aromatic carbocycles. The molecule has 16 heavy (non-hydrogen) atoms. The van der Waals surface area contributed by atoms with Crippen molar-refractivity contribution < 1.29 is 4.74 Å². The van der Waals surface area contributed by atoms with Gasteiger partial charge in [0.2, 0.25) is 0 Å². The molecular weight excluding hydrogens is 202 g/mol. The van der Waals surface area contributed by atoms with E-state index in [2.05, 4.69) is 28.1 Å². The second-order valence-corrected chi connectivity index (χ2v) is 4.32. The predicted molar refractivity (Wildman–Crippen MR) is 64.6 cm³/mol. The van der Waals surface area contributed by atoms with Crippen LogP contribution in [0.4, 0.5) is 5.82 Å². The Bertz CT molecular complexity index is 305. The van der Waals surface area contributed by atoms with Gasteiger partial charge in [0.25, 0.3) is 0 Å². The van der Waals surface area contributed by atoms with Crippen LogP contribution in [0.5, 0.6) is 0 Å². The van der Waals surface area contributed by atoms with E-state index in [0.717, 1.165) is 38.4 Å². The molecule has 0 bridgehead atoms. The van der Waals surface area contributed by atoms with E-state index in [1.165, 1.54) is 12.8 Å². The maximum absolute atomic E-state index is 5.35. The topological polar surface area (TPSA) is 39.1 Å². The Balaban J connectivity index is 1.89. The Morgan fingerprint density at radius 3 is 3.06 bits per heavy atom. The van der Waals surface area contributed by atoms with Crippen LogP contribution in [0, 0.1) is 0 Å². The second kappa shape index (κ2) is 5.89. The lowest BCUT2D eigenvalue weighted by molar-refractivity contribution is 0.0903. The van der Waals surface area contributed by atoms with Crippen molar-refractivity contribution in [3.63, 3.8) is 0 Å². The molecule has 1 aromatic rings. The molecule has 0 spiro atoms. The summed E-state index contributed by atoms with van der Waals surface area (Å²) < 4.78 is 7.42. The van der Waals surface area contributed by atoms with Gasteiger partial charge >= 0.3 is 0 Å². The van der Waals surface area contributed by atoms with Crippen molar-refractivity contribution in [1.29, 1.82) is 0 Å². The third-order valence-electron chi connectivity index (χ3n) is 3.01. The highest BCUT2D eigenvalue weighted by molar-refractivity contribution is 5.35. The Morgan fingerprint density at radius 2 is 2.31 bits per heavy atom. The molecular formula is C12H21N3O. The number of ether oxygens (including phenoxy) is 1. The highest BCUT2D eigenvalue weighted by Crippen LogP contribution is 2.15. The minimum absolute atomic E-state index is 0.547. The van der Waals surface area contributed by atoms with E-state index in [9.17, 15) is 0 Å². The Kier molecular flexibility index (Phi) is 4.22. The summed E-state index contributed by atoms with van der Waals surface area (Å²) in [6.45, 7) is 4.96. The van der Waals surface area contributed by atoms with E-state index >= 15 is 0 Å². The first-order valence-corrected chi connectivity index (χ1v) is 6.26. The number of nitrogens with one attached hydrogen (secondary N) is 1. The van der Waals surface area contributed by atoms with E-state index < -0.39 is 0 Å². The fourth-order valence-corrected chi connectivity index (χ4v) is 1.99. The first-order chi connectivity index (χ1) is 7.90. The van der Waals surface area contributed by atoms with E-state index in [0.29, 0.717) is 6.04 Å². The van der Waals surface area contributed by atoms with Crippen molar-refractivity contribution in [2.45, 2.75) is 45.2 Å². The summed E-state index contributed by atoms with van der Waals surface area (Å²) in [6.07, 6.45) is 6.45. The maximum atomic E-state index is 5.35. The molecule has 90 valence electrons. The average molecular weight is 223 g/mol. The zero-order valence-electron chi connectivity index (χ0n) is 9.98. The van der Waals surface area contributed by atoms with Gasteiger partial charge in [-0.3, -0.25) is 0 Å². The third-order valence-corrected chi connectivity index (χ3v) is 3.01. The summed E-state index contributed by atoms with van der Waals surface area (Å²) >= 11 is 0. The lowest BCUT2D eigenvalue weighted by atomic mass is 10.1. The normalized spacial score (nSPS) is 17.6. The number of hydrogen-bond donors (Lipinski definition) is 1. The summed E-state index contributed by atoms with van der Waals surface area (Å²) in [5.74, 6) is 1.15. The number of unbranched alkanes of at least 4 members (excludes halogenated alkanes) is 1. The molecule has 1 aromatic heterocycles. The largest absolute Gasteiger partial charge is 0.381 e. The van der Waals surface area contributed by atoms with Gasteiger partial charge in [-0.15, -0.1) is 0 Å². The lowest BCUT2D eigenvalue weighted by Crippen LogP contribution is -2.29. The predicted octanol–water partition coefficient (Wildman–Crippen LogP) is 2.27. The van der Waals surface area contributed by atoms with Crippen LogP contribution in [0.25, 0.3) is 0 Å². The molecule has 0 unspecified atom stereocenters. The molecule has 4 heteroatoms. The molecule has 0 amide bonds. The van der Waals surface area contributed by atoms with Crippen LogP contribution >= 0.6 is 0 Å². The molecule has 1 N–H and O–H groups in total. The van der Waals surface area contributed by atoms with Crippen molar-refractivity contribution in [3.8, 4) is 0 Å². The van der Waals surface area contributed by atoms with E-state index in [-0.39, 0.29) is 0 Å². The van der Waals surface area contributed by atoms with Gasteiger partial charge in [-0.2, -0.15) is 5.10 Å². The number of aromatic nitrogens is 2. The van der Waals surface area contributed by atoms with Crippen LogP contribution in [0.1, 0.15) is 32.6 Å². The minimum atomic E-state index is 0.547. The van der Waals surface area contributed by atoms with Gasteiger partial charge in [-0.1, -0.05) is 13.3 Å². The molecule has 4 nitrogen and oxygen atoms in total. The molecule has 0 saturated carbocycles. The number of rotatable bonds is 5. The lowest BCUT2D eigenvalue weighted by Gasteiger charge is -2.24.